The molecule has 176 valence electrons. The monoisotopic (exact) mass is 449 g/mol. The van der Waals surface area contributed by atoms with Gasteiger partial charge < -0.3 is 15.0 Å². The number of methoxy groups -OCH3 is 1. The van der Waals surface area contributed by atoms with Gasteiger partial charge in [-0.05, 0) is 57.0 Å². The average molecular weight is 450 g/mol. The average Bonchev–Trinajstić information content (AvgIpc) is 2.79. The third kappa shape index (κ3) is 5.85. The molecule has 0 fully saturated rings. The molecule has 2 N–H and O–H groups in total. The molecule has 1 unspecified atom stereocenters. The number of hydrogen-bond acceptors (Lipinski definition) is 2. The van der Waals surface area contributed by atoms with Crippen molar-refractivity contribution < 1.29 is 23.2 Å². The molecule has 0 aromatic heterocycles. The number of alkyl halides is 3. The highest BCUT2D eigenvalue weighted by molar-refractivity contribution is 5.64. The first kappa shape index (κ1) is 25.8. The smallest absolute Gasteiger partial charge is 0.416 e. The Hall–Kier alpha value is -2.47. The Kier molecular flexibility index (Phi) is 8.79. The summed E-state index contributed by atoms with van der Waals surface area (Å²) < 4.78 is 45.7. The SMILES string of the molecule is CCN(CC)c1ccc(/C=C/CC(C)(CC)c2cc(C(F)(F)F)ccc2[NH2+]C)c(OC)c1. The van der Waals surface area contributed by atoms with E-state index in [0.717, 1.165) is 53.8 Å². The number of nitrogens with zero attached hydrogens (tertiary/aromatic N) is 1. The molecule has 0 saturated heterocycles. The molecule has 2 aromatic carbocycles. The number of anilines is 1. The van der Waals surface area contributed by atoms with Crippen molar-refractivity contribution in [3.63, 3.8) is 0 Å². The largest absolute Gasteiger partial charge is 0.496 e. The summed E-state index contributed by atoms with van der Waals surface area (Å²) in [5.74, 6) is 0.783. The van der Waals surface area contributed by atoms with Crippen molar-refractivity contribution in [2.45, 2.75) is 52.1 Å². The van der Waals surface area contributed by atoms with Gasteiger partial charge in [0.15, 0.2) is 0 Å². The Labute approximate surface area is 190 Å². The van der Waals surface area contributed by atoms with Crippen molar-refractivity contribution in [3.05, 3.63) is 59.2 Å². The van der Waals surface area contributed by atoms with Gasteiger partial charge in [0.25, 0.3) is 0 Å². The Bertz CT molecular complexity index is 920. The number of quaternary nitrogens is 1. The third-order valence-corrected chi connectivity index (χ3v) is 6.33. The van der Waals surface area contributed by atoms with Gasteiger partial charge in [-0.15, -0.1) is 0 Å². The van der Waals surface area contributed by atoms with E-state index in [-0.39, 0.29) is 0 Å². The van der Waals surface area contributed by atoms with E-state index < -0.39 is 17.2 Å². The Morgan fingerprint density at radius 1 is 1.03 bits per heavy atom. The predicted molar refractivity (Wildman–Crippen MR) is 127 cm³/mol. The van der Waals surface area contributed by atoms with Gasteiger partial charge >= 0.3 is 6.18 Å². The van der Waals surface area contributed by atoms with Crippen LogP contribution in [0.1, 0.15) is 57.2 Å². The number of halogens is 3. The molecule has 0 aliphatic heterocycles. The minimum absolute atomic E-state index is 0.423. The minimum Gasteiger partial charge on any atom is -0.496 e. The normalized spacial score (nSPS) is 13.9. The van der Waals surface area contributed by atoms with E-state index in [4.69, 9.17) is 4.74 Å². The zero-order chi connectivity index (χ0) is 23.9. The van der Waals surface area contributed by atoms with Gasteiger partial charge in [-0.25, -0.2) is 0 Å². The molecule has 0 aliphatic carbocycles. The molecule has 2 rings (SSSR count). The molecule has 0 bridgehead atoms. The maximum absolute atomic E-state index is 13.4. The molecule has 0 radical (unpaired) electrons. The van der Waals surface area contributed by atoms with E-state index in [1.54, 1.807) is 13.2 Å². The van der Waals surface area contributed by atoms with Crippen LogP contribution in [0.2, 0.25) is 0 Å². The van der Waals surface area contributed by atoms with Crippen LogP contribution in [0.5, 0.6) is 5.75 Å². The highest BCUT2D eigenvalue weighted by Gasteiger charge is 2.35. The first-order chi connectivity index (χ1) is 15.1. The summed E-state index contributed by atoms with van der Waals surface area (Å²) in [6, 6.07) is 10.2. The topological polar surface area (TPSA) is 29.1 Å². The summed E-state index contributed by atoms with van der Waals surface area (Å²) >= 11 is 0. The maximum atomic E-state index is 13.4. The Morgan fingerprint density at radius 3 is 2.25 bits per heavy atom. The van der Waals surface area contributed by atoms with Gasteiger partial charge in [-0.3, -0.25) is 0 Å². The zero-order valence-electron chi connectivity index (χ0n) is 20.0. The molecular weight excluding hydrogens is 413 g/mol. The fourth-order valence-corrected chi connectivity index (χ4v) is 4.02. The van der Waals surface area contributed by atoms with E-state index in [9.17, 15) is 13.2 Å². The highest BCUT2D eigenvalue weighted by atomic mass is 19.4. The van der Waals surface area contributed by atoms with Crippen molar-refractivity contribution >= 4 is 17.5 Å². The molecule has 0 heterocycles. The van der Waals surface area contributed by atoms with Crippen LogP contribution in [-0.2, 0) is 11.6 Å². The minimum atomic E-state index is -4.36. The van der Waals surface area contributed by atoms with Gasteiger partial charge in [0.2, 0.25) is 0 Å². The summed E-state index contributed by atoms with van der Waals surface area (Å²) in [6.07, 6.45) is 1.02. The number of ether oxygens (including phenoxy) is 1. The number of hydrogen-bond donors (Lipinski definition) is 1. The predicted octanol–water partition coefficient (Wildman–Crippen LogP) is 6.16. The molecular formula is C26H36F3N2O+. The lowest BCUT2D eigenvalue weighted by atomic mass is 9.75. The van der Waals surface area contributed by atoms with Crippen molar-refractivity contribution in [1.29, 1.82) is 0 Å². The van der Waals surface area contributed by atoms with E-state index in [1.165, 1.54) is 6.07 Å². The molecule has 0 amide bonds. The van der Waals surface area contributed by atoms with Crippen LogP contribution in [0, 0.1) is 0 Å². The summed E-state index contributed by atoms with van der Waals surface area (Å²) in [7, 11) is 3.52. The Morgan fingerprint density at radius 2 is 1.72 bits per heavy atom. The standard InChI is InChI=1S/C26H35F3N2O/c1-7-25(4,22-17-20(26(27,28)29)13-15-23(22)30-5)16-10-11-19-12-14-21(18-24(19)32-6)31(8-2)9-3/h10-15,17-18,30H,7-9,16H2,1-6H3/p+1/b11-10+. The van der Waals surface area contributed by atoms with Crippen molar-refractivity contribution in [2.24, 2.45) is 0 Å². The summed E-state index contributed by atoms with van der Waals surface area (Å²) in [5, 5.41) is 1.88. The summed E-state index contributed by atoms with van der Waals surface area (Å²) in [6.45, 7) is 10.1. The van der Waals surface area contributed by atoms with Crippen LogP contribution in [-0.4, -0.2) is 27.2 Å². The summed E-state index contributed by atoms with van der Waals surface area (Å²) in [4.78, 5) is 2.25. The van der Waals surface area contributed by atoms with Gasteiger partial charge in [0, 0.05) is 41.4 Å². The first-order valence-corrected chi connectivity index (χ1v) is 11.2. The lowest BCUT2D eigenvalue weighted by Gasteiger charge is -2.29. The molecule has 0 aliphatic rings. The molecule has 2 aromatic rings. The first-order valence-electron chi connectivity index (χ1n) is 11.2. The van der Waals surface area contributed by atoms with Gasteiger partial charge in [-0.2, -0.15) is 13.2 Å². The van der Waals surface area contributed by atoms with Crippen molar-refractivity contribution in [3.8, 4) is 5.75 Å². The van der Waals surface area contributed by atoms with Crippen LogP contribution in [0.15, 0.2) is 42.5 Å². The molecule has 0 saturated carbocycles. The van der Waals surface area contributed by atoms with E-state index in [1.807, 2.05) is 50.5 Å². The van der Waals surface area contributed by atoms with Crippen LogP contribution in [0.4, 0.5) is 24.5 Å². The fraction of sp³-hybridized carbons (Fsp3) is 0.462. The lowest BCUT2D eigenvalue weighted by Crippen LogP contribution is -2.73. The lowest BCUT2D eigenvalue weighted by molar-refractivity contribution is -0.540. The number of rotatable bonds is 10. The quantitative estimate of drug-likeness (QED) is 0.441. The maximum Gasteiger partial charge on any atom is 0.416 e. The fourth-order valence-electron chi connectivity index (χ4n) is 4.02. The zero-order valence-corrected chi connectivity index (χ0v) is 20.0. The second-order valence-corrected chi connectivity index (χ2v) is 8.21. The van der Waals surface area contributed by atoms with Crippen LogP contribution in [0.3, 0.4) is 0 Å². The van der Waals surface area contributed by atoms with E-state index >= 15 is 0 Å². The Balaban J connectivity index is 2.35. The van der Waals surface area contributed by atoms with Crippen molar-refractivity contribution in [2.75, 3.05) is 32.1 Å². The van der Waals surface area contributed by atoms with Gasteiger partial charge in [-0.1, -0.05) is 26.0 Å². The van der Waals surface area contributed by atoms with Crippen LogP contribution >= 0.6 is 0 Å². The van der Waals surface area contributed by atoms with Crippen LogP contribution < -0.4 is 15.0 Å². The van der Waals surface area contributed by atoms with E-state index in [2.05, 4.69) is 24.8 Å². The van der Waals surface area contributed by atoms with Crippen molar-refractivity contribution in [1.82, 2.24) is 0 Å². The second kappa shape index (κ2) is 10.9. The third-order valence-electron chi connectivity index (χ3n) is 6.33. The molecule has 0 spiro atoms. The molecule has 3 nitrogen and oxygen atoms in total. The van der Waals surface area contributed by atoms with Gasteiger partial charge in [0.05, 0.1) is 19.7 Å². The molecule has 6 heteroatoms. The highest BCUT2D eigenvalue weighted by Crippen LogP contribution is 2.39. The number of benzene rings is 2. The number of nitrogens with two attached hydrogens (primary N) is 1. The number of allylic oxidation sites excluding steroid dienone is 1. The molecule has 32 heavy (non-hydrogen) atoms. The van der Waals surface area contributed by atoms with Crippen LogP contribution in [0.25, 0.3) is 6.08 Å². The summed E-state index contributed by atoms with van der Waals surface area (Å²) in [5.41, 5.74) is 2.61. The van der Waals surface area contributed by atoms with Gasteiger partial charge in [0.1, 0.15) is 11.4 Å². The molecule has 1 atom stereocenters. The second-order valence-electron chi connectivity index (χ2n) is 8.21. The van der Waals surface area contributed by atoms with E-state index in [0.29, 0.717) is 6.42 Å².